The maximum Gasteiger partial charge on any atom is 0.307 e. The first kappa shape index (κ1) is 15.4. The smallest absolute Gasteiger partial charge is 0.307 e. The molecule has 0 aliphatic carbocycles. The Bertz CT molecular complexity index is 204. The van der Waals surface area contributed by atoms with Crippen molar-refractivity contribution in [1.29, 1.82) is 0 Å². The second-order valence-corrected chi connectivity index (χ2v) is 5.46. The van der Waals surface area contributed by atoms with Gasteiger partial charge in [-0.15, -0.1) is 0 Å². The maximum absolute atomic E-state index is 10.7. The number of hydrogen-bond donors (Lipinski definition) is 2. The first-order valence-electron chi connectivity index (χ1n) is 6.33. The van der Waals surface area contributed by atoms with Crippen LogP contribution in [0.3, 0.4) is 0 Å². The van der Waals surface area contributed by atoms with Gasteiger partial charge in [0.05, 0.1) is 5.92 Å². The Morgan fingerprint density at radius 3 is 2.19 bits per heavy atom. The van der Waals surface area contributed by atoms with E-state index >= 15 is 0 Å². The van der Waals surface area contributed by atoms with Gasteiger partial charge in [0, 0.05) is 6.04 Å². The summed E-state index contributed by atoms with van der Waals surface area (Å²) in [5.41, 5.74) is 5.87. The van der Waals surface area contributed by atoms with Crippen LogP contribution in [-0.2, 0) is 4.79 Å². The van der Waals surface area contributed by atoms with Crippen molar-refractivity contribution >= 4 is 5.97 Å². The van der Waals surface area contributed by atoms with Gasteiger partial charge >= 0.3 is 5.97 Å². The van der Waals surface area contributed by atoms with Crippen LogP contribution in [0.4, 0.5) is 0 Å². The molecular weight excluding hydrogens is 202 g/mol. The van der Waals surface area contributed by atoms with E-state index in [9.17, 15) is 4.79 Å². The van der Waals surface area contributed by atoms with E-state index in [0.717, 1.165) is 18.8 Å². The molecule has 3 heteroatoms. The molecule has 16 heavy (non-hydrogen) atoms. The fourth-order valence-corrected chi connectivity index (χ4v) is 1.84. The standard InChI is InChI=1S/C13H27NO2/c1-9(2)6-5-7-10(3)8-12(14)11(4)13(15)16/h9-12H,5-8,14H2,1-4H3,(H,15,16)/t10-,11?,12+/m1/s1. The summed E-state index contributed by atoms with van der Waals surface area (Å²) >= 11 is 0. The van der Waals surface area contributed by atoms with Crippen molar-refractivity contribution in [3.8, 4) is 0 Å². The summed E-state index contributed by atoms with van der Waals surface area (Å²) in [5.74, 6) is 0.0452. The van der Waals surface area contributed by atoms with Crippen molar-refractivity contribution in [2.24, 2.45) is 23.5 Å². The number of nitrogens with two attached hydrogens (primary N) is 1. The number of carbonyl (C=O) groups is 1. The molecule has 96 valence electrons. The summed E-state index contributed by atoms with van der Waals surface area (Å²) in [5, 5.41) is 8.83. The third-order valence-corrected chi connectivity index (χ3v) is 3.18. The minimum atomic E-state index is -0.790. The zero-order valence-electron chi connectivity index (χ0n) is 11.1. The lowest BCUT2D eigenvalue weighted by Crippen LogP contribution is -2.34. The lowest BCUT2D eigenvalue weighted by Gasteiger charge is -2.20. The number of hydrogen-bond acceptors (Lipinski definition) is 2. The van der Waals surface area contributed by atoms with E-state index in [2.05, 4.69) is 20.8 Å². The molecule has 0 aliphatic heterocycles. The van der Waals surface area contributed by atoms with E-state index in [1.54, 1.807) is 6.92 Å². The third kappa shape index (κ3) is 6.83. The maximum atomic E-state index is 10.7. The summed E-state index contributed by atoms with van der Waals surface area (Å²) < 4.78 is 0. The average Bonchev–Trinajstić information content (AvgIpc) is 2.15. The normalized spacial score (nSPS) is 17.1. The molecule has 0 saturated carbocycles. The Labute approximate surface area is 99.4 Å². The zero-order valence-corrected chi connectivity index (χ0v) is 11.1. The monoisotopic (exact) mass is 229 g/mol. The van der Waals surface area contributed by atoms with Crippen LogP contribution in [0.15, 0.2) is 0 Å². The highest BCUT2D eigenvalue weighted by atomic mass is 16.4. The fourth-order valence-electron chi connectivity index (χ4n) is 1.84. The summed E-state index contributed by atoms with van der Waals surface area (Å²) in [7, 11) is 0. The lowest BCUT2D eigenvalue weighted by molar-refractivity contribution is -0.141. The van der Waals surface area contributed by atoms with Gasteiger partial charge in [-0.05, 0) is 18.3 Å². The molecule has 0 heterocycles. The van der Waals surface area contributed by atoms with Crippen molar-refractivity contribution in [3.63, 3.8) is 0 Å². The van der Waals surface area contributed by atoms with Crippen LogP contribution in [0.25, 0.3) is 0 Å². The molecule has 0 bridgehead atoms. The number of carboxylic acid groups (broad SMARTS) is 1. The number of rotatable bonds is 8. The highest BCUT2D eigenvalue weighted by molar-refractivity contribution is 5.70. The summed E-state index contributed by atoms with van der Waals surface area (Å²) in [6.45, 7) is 8.30. The van der Waals surface area contributed by atoms with Gasteiger partial charge in [-0.2, -0.15) is 0 Å². The zero-order chi connectivity index (χ0) is 12.7. The van der Waals surface area contributed by atoms with Crippen LogP contribution in [-0.4, -0.2) is 17.1 Å². The molecule has 3 N–H and O–H groups in total. The van der Waals surface area contributed by atoms with Crippen molar-refractivity contribution < 1.29 is 9.90 Å². The van der Waals surface area contributed by atoms with E-state index in [1.807, 2.05) is 0 Å². The van der Waals surface area contributed by atoms with E-state index < -0.39 is 11.9 Å². The summed E-state index contributed by atoms with van der Waals surface area (Å²) in [6.07, 6.45) is 4.42. The van der Waals surface area contributed by atoms with Crippen molar-refractivity contribution in [3.05, 3.63) is 0 Å². The molecule has 0 aromatic heterocycles. The van der Waals surface area contributed by atoms with Crippen LogP contribution in [0.2, 0.25) is 0 Å². The molecule has 0 aromatic rings. The quantitative estimate of drug-likeness (QED) is 0.672. The Morgan fingerprint density at radius 2 is 1.75 bits per heavy atom. The fraction of sp³-hybridized carbons (Fsp3) is 0.923. The first-order chi connectivity index (χ1) is 7.34. The van der Waals surface area contributed by atoms with Gasteiger partial charge in [-0.3, -0.25) is 4.79 Å². The number of carboxylic acids is 1. The second kappa shape index (κ2) is 7.66. The predicted molar refractivity (Wildman–Crippen MR) is 67.2 cm³/mol. The number of aliphatic carboxylic acids is 1. The van der Waals surface area contributed by atoms with Gasteiger partial charge in [-0.1, -0.05) is 47.0 Å². The molecular formula is C13H27NO2. The van der Waals surface area contributed by atoms with Crippen molar-refractivity contribution in [2.45, 2.75) is 59.4 Å². The van der Waals surface area contributed by atoms with Gasteiger partial charge in [0.2, 0.25) is 0 Å². The Balaban J connectivity index is 3.77. The molecule has 0 rings (SSSR count). The Kier molecular flexibility index (Phi) is 7.39. The Morgan fingerprint density at radius 1 is 1.19 bits per heavy atom. The molecule has 3 nitrogen and oxygen atoms in total. The van der Waals surface area contributed by atoms with E-state index in [-0.39, 0.29) is 6.04 Å². The van der Waals surface area contributed by atoms with Crippen LogP contribution in [0.5, 0.6) is 0 Å². The molecule has 0 spiro atoms. The van der Waals surface area contributed by atoms with Crippen LogP contribution < -0.4 is 5.73 Å². The minimum Gasteiger partial charge on any atom is -0.481 e. The average molecular weight is 229 g/mol. The largest absolute Gasteiger partial charge is 0.481 e. The van der Waals surface area contributed by atoms with Gasteiger partial charge in [-0.25, -0.2) is 0 Å². The van der Waals surface area contributed by atoms with Crippen molar-refractivity contribution in [2.75, 3.05) is 0 Å². The van der Waals surface area contributed by atoms with Crippen LogP contribution in [0, 0.1) is 17.8 Å². The highest BCUT2D eigenvalue weighted by Crippen LogP contribution is 2.18. The molecule has 0 aromatic carbocycles. The molecule has 1 unspecified atom stereocenters. The third-order valence-electron chi connectivity index (χ3n) is 3.18. The second-order valence-electron chi connectivity index (χ2n) is 5.46. The highest BCUT2D eigenvalue weighted by Gasteiger charge is 2.21. The topological polar surface area (TPSA) is 63.3 Å². The summed E-state index contributed by atoms with van der Waals surface area (Å²) in [6, 6.07) is -0.216. The van der Waals surface area contributed by atoms with Gasteiger partial charge in [0.15, 0.2) is 0 Å². The molecule has 3 atom stereocenters. The predicted octanol–water partition coefficient (Wildman–Crippen LogP) is 2.89. The molecule has 0 aliphatic rings. The van der Waals surface area contributed by atoms with Crippen molar-refractivity contribution in [1.82, 2.24) is 0 Å². The van der Waals surface area contributed by atoms with E-state index in [1.165, 1.54) is 12.8 Å². The SMILES string of the molecule is CC(C)CCC[C@@H](C)C[C@H](N)C(C)C(=O)O. The molecule has 0 saturated heterocycles. The molecule has 0 radical (unpaired) electrons. The first-order valence-corrected chi connectivity index (χ1v) is 6.33. The summed E-state index contributed by atoms with van der Waals surface area (Å²) in [4.78, 5) is 10.7. The Hall–Kier alpha value is -0.570. The van der Waals surface area contributed by atoms with Gasteiger partial charge in [0.1, 0.15) is 0 Å². The lowest BCUT2D eigenvalue weighted by atomic mass is 9.89. The minimum absolute atomic E-state index is 0.216. The van der Waals surface area contributed by atoms with E-state index in [0.29, 0.717) is 5.92 Å². The van der Waals surface area contributed by atoms with Crippen LogP contribution >= 0.6 is 0 Å². The molecule has 0 amide bonds. The van der Waals surface area contributed by atoms with Crippen LogP contribution in [0.1, 0.15) is 53.4 Å². The van der Waals surface area contributed by atoms with E-state index in [4.69, 9.17) is 10.8 Å². The molecule has 0 fully saturated rings. The van der Waals surface area contributed by atoms with Gasteiger partial charge in [0.25, 0.3) is 0 Å². The van der Waals surface area contributed by atoms with Gasteiger partial charge < -0.3 is 10.8 Å².